The summed E-state index contributed by atoms with van der Waals surface area (Å²) in [5.74, 6) is 1.86. The van der Waals surface area contributed by atoms with Crippen LogP contribution in [0.3, 0.4) is 0 Å². The van der Waals surface area contributed by atoms with Gasteiger partial charge in [0, 0.05) is 5.33 Å². The molecule has 0 N–H and O–H groups in total. The van der Waals surface area contributed by atoms with E-state index in [9.17, 15) is 0 Å². The van der Waals surface area contributed by atoms with Crippen molar-refractivity contribution in [1.29, 1.82) is 0 Å². The first-order chi connectivity index (χ1) is 7.19. The quantitative estimate of drug-likeness (QED) is 0.758. The van der Waals surface area contributed by atoms with Crippen molar-refractivity contribution >= 4 is 15.9 Å². The summed E-state index contributed by atoms with van der Waals surface area (Å²) in [4.78, 5) is 0. The Bertz CT molecular complexity index is 350. The smallest absolute Gasteiger partial charge is 0.122 e. The second-order valence-electron chi connectivity index (χ2n) is 4.70. The van der Waals surface area contributed by atoms with Crippen molar-refractivity contribution in [2.75, 3.05) is 12.4 Å². The lowest BCUT2D eigenvalue weighted by Crippen LogP contribution is -2.05. The monoisotopic (exact) mass is 268 g/mol. The van der Waals surface area contributed by atoms with E-state index in [4.69, 9.17) is 4.74 Å². The summed E-state index contributed by atoms with van der Waals surface area (Å²) in [7, 11) is 1.75. The first-order valence-electron chi connectivity index (χ1n) is 5.37. The van der Waals surface area contributed by atoms with Crippen LogP contribution in [0.1, 0.15) is 18.9 Å². The van der Waals surface area contributed by atoms with Crippen molar-refractivity contribution in [1.82, 2.24) is 0 Å². The van der Waals surface area contributed by atoms with E-state index in [0.717, 1.165) is 23.4 Å². The third kappa shape index (κ3) is 2.20. The van der Waals surface area contributed by atoms with Crippen molar-refractivity contribution in [3.8, 4) is 5.75 Å². The molecule has 2 atom stereocenters. The molecule has 0 heterocycles. The van der Waals surface area contributed by atoms with Crippen LogP contribution in [0.4, 0.5) is 0 Å². The molecule has 0 aliphatic heterocycles. The number of rotatable bonds is 4. The number of para-hydroxylation sites is 1. The van der Waals surface area contributed by atoms with Crippen LogP contribution < -0.4 is 4.74 Å². The highest BCUT2D eigenvalue weighted by Crippen LogP contribution is 2.55. The van der Waals surface area contributed by atoms with Crippen LogP contribution in [0.2, 0.25) is 0 Å². The summed E-state index contributed by atoms with van der Waals surface area (Å²) >= 11 is 3.57. The Kier molecular flexibility index (Phi) is 3.06. The molecule has 1 saturated carbocycles. The van der Waals surface area contributed by atoms with Gasteiger partial charge in [0.05, 0.1) is 7.11 Å². The average Bonchev–Trinajstić information content (AvgIpc) is 2.90. The molecule has 1 aliphatic carbocycles. The highest BCUT2D eigenvalue weighted by atomic mass is 79.9. The number of ether oxygens (including phenoxy) is 1. The fourth-order valence-electron chi connectivity index (χ4n) is 2.25. The van der Waals surface area contributed by atoms with Crippen LogP contribution in [0.25, 0.3) is 0 Å². The fourth-order valence-corrected chi connectivity index (χ4v) is 3.26. The van der Waals surface area contributed by atoms with Crippen LogP contribution in [0, 0.1) is 11.3 Å². The zero-order valence-corrected chi connectivity index (χ0v) is 10.9. The first-order valence-corrected chi connectivity index (χ1v) is 6.49. The van der Waals surface area contributed by atoms with Gasteiger partial charge in [-0.15, -0.1) is 0 Å². The topological polar surface area (TPSA) is 9.23 Å². The molecular weight excluding hydrogens is 252 g/mol. The summed E-state index contributed by atoms with van der Waals surface area (Å²) in [5, 5.41) is 1.12. The van der Waals surface area contributed by atoms with Crippen molar-refractivity contribution in [3.05, 3.63) is 29.8 Å². The third-order valence-corrected chi connectivity index (χ3v) is 4.29. The number of alkyl halides is 1. The van der Waals surface area contributed by atoms with E-state index >= 15 is 0 Å². The molecule has 1 nitrogen and oxygen atoms in total. The minimum absolute atomic E-state index is 0.484. The van der Waals surface area contributed by atoms with Crippen LogP contribution in [-0.2, 0) is 6.42 Å². The normalized spacial score (nSPS) is 28.9. The van der Waals surface area contributed by atoms with Crippen molar-refractivity contribution in [2.45, 2.75) is 19.8 Å². The maximum absolute atomic E-state index is 5.38. The molecule has 82 valence electrons. The molecule has 1 aromatic rings. The van der Waals surface area contributed by atoms with E-state index in [2.05, 4.69) is 35.0 Å². The molecule has 1 aromatic carbocycles. The maximum atomic E-state index is 5.38. The van der Waals surface area contributed by atoms with E-state index in [-0.39, 0.29) is 0 Å². The van der Waals surface area contributed by atoms with Gasteiger partial charge < -0.3 is 4.74 Å². The van der Waals surface area contributed by atoms with E-state index in [1.165, 1.54) is 12.0 Å². The predicted molar refractivity (Wildman–Crippen MR) is 66.7 cm³/mol. The Morgan fingerprint density at radius 1 is 1.47 bits per heavy atom. The fraction of sp³-hybridized carbons (Fsp3) is 0.538. The highest BCUT2D eigenvalue weighted by Gasteiger charge is 2.48. The molecule has 1 aliphatic rings. The lowest BCUT2D eigenvalue weighted by Gasteiger charge is -2.13. The second kappa shape index (κ2) is 4.17. The van der Waals surface area contributed by atoms with Gasteiger partial charge >= 0.3 is 0 Å². The first kappa shape index (κ1) is 11.0. The van der Waals surface area contributed by atoms with Crippen LogP contribution in [0.15, 0.2) is 24.3 Å². The number of hydrogen-bond acceptors (Lipinski definition) is 1. The molecule has 0 saturated heterocycles. The zero-order chi connectivity index (χ0) is 10.9. The van der Waals surface area contributed by atoms with Gasteiger partial charge in [-0.25, -0.2) is 0 Å². The van der Waals surface area contributed by atoms with Gasteiger partial charge in [-0.05, 0) is 35.8 Å². The van der Waals surface area contributed by atoms with Crippen molar-refractivity contribution < 1.29 is 4.74 Å². The zero-order valence-electron chi connectivity index (χ0n) is 9.29. The minimum Gasteiger partial charge on any atom is -0.496 e. The van der Waals surface area contributed by atoms with Crippen LogP contribution >= 0.6 is 15.9 Å². The van der Waals surface area contributed by atoms with Crippen molar-refractivity contribution in [3.63, 3.8) is 0 Å². The van der Waals surface area contributed by atoms with E-state index < -0.39 is 0 Å². The molecular formula is C13H17BrO. The molecule has 15 heavy (non-hydrogen) atoms. The largest absolute Gasteiger partial charge is 0.496 e. The van der Waals surface area contributed by atoms with Gasteiger partial charge in [-0.3, -0.25) is 0 Å². The molecule has 0 amide bonds. The Morgan fingerprint density at radius 3 is 2.80 bits per heavy atom. The predicted octanol–water partition coefficient (Wildman–Crippen LogP) is 3.66. The Balaban J connectivity index is 2.11. The lowest BCUT2D eigenvalue weighted by atomic mass is 9.96. The van der Waals surface area contributed by atoms with Gasteiger partial charge in [-0.1, -0.05) is 41.1 Å². The van der Waals surface area contributed by atoms with Gasteiger partial charge in [0.1, 0.15) is 5.75 Å². The van der Waals surface area contributed by atoms with Gasteiger partial charge in [-0.2, -0.15) is 0 Å². The molecule has 0 bridgehead atoms. The Labute approximate surface area is 100.0 Å². The summed E-state index contributed by atoms with van der Waals surface area (Å²) in [6, 6.07) is 8.34. The molecule has 0 aromatic heterocycles. The van der Waals surface area contributed by atoms with Gasteiger partial charge in [0.15, 0.2) is 0 Å². The van der Waals surface area contributed by atoms with E-state index in [1.54, 1.807) is 7.11 Å². The lowest BCUT2D eigenvalue weighted by molar-refractivity contribution is 0.402. The van der Waals surface area contributed by atoms with Gasteiger partial charge in [0.25, 0.3) is 0 Å². The Hall–Kier alpha value is -0.500. The summed E-state index contributed by atoms with van der Waals surface area (Å²) in [5.41, 5.74) is 1.82. The maximum Gasteiger partial charge on any atom is 0.122 e. The van der Waals surface area contributed by atoms with Crippen LogP contribution in [0.5, 0.6) is 5.75 Å². The summed E-state index contributed by atoms with van der Waals surface area (Å²) in [6.07, 6.45) is 2.46. The standard InChI is InChI=1S/C13H17BrO/c1-13(8-11(13)9-14)7-10-5-3-4-6-12(10)15-2/h3-6,11H,7-9H2,1-2H3. The molecule has 0 radical (unpaired) electrons. The van der Waals surface area contributed by atoms with Gasteiger partial charge in [0.2, 0.25) is 0 Å². The average molecular weight is 269 g/mol. The number of benzene rings is 1. The SMILES string of the molecule is COc1ccccc1CC1(C)CC1CBr. The summed E-state index contributed by atoms with van der Waals surface area (Å²) < 4.78 is 5.38. The number of hydrogen-bond donors (Lipinski definition) is 0. The Morgan fingerprint density at radius 2 is 2.20 bits per heavy atom. The highest BCUT2D eigenvalue weighted by molar-refractivity contribution is 9.09. The van der Waals surface area contributed by atoms with Crippen LogP contribution in [-0.4, -0.2) is 12.4 Å². The third-order valence-electron chi connectivity index (χ3n) is 3.51. The number of methoxy groups -OCH3 is 1. The van der Waals surface area contributed by atoms with E-state index in [1.807, 2.05) is 12.1 Å². The molecule has 2 heteroatoms. The minimum atomic E-state index is 0.484. The second-order valence-corrected chi connectivity index (χ2v) is 5.35. The molecule has 0 spiro atoms. The molecule has 1 fully saturated rings. The molecule has 2 rings (SSSR count). The molecule has 2 unspecified atom stereocenters. The summed E-state index contributed by atoms with van der Waals surface area (Å²) in [6.45, 7) is 2.37. The van der Waals surface area contributed by atoms with E-state index in [0.29, 0.717) is 5.41 Å². The van der Waals surface area contributed by atoms with Crippen molar-refractivity contribution in [2.24, 2.45) is 11.3 Å². The number of halogens is 1.